The standard InChI is InChI=1S/C27H44O3/c1-19(7-5-14-25(2,3)29)22-11-12-23-21(8-6-15-26(22,23)4)10-9-20-13-16-27(18-30-27)24(28)17-20/h9-10,19,22-24,28-29H,5-8,11-18H2,1-4H3/b20-9-,21-10+/t19-,22?,23?,24-,26?,27-/m1/s1. The van der Waals surface area contributed by atoms with E-state index >= 15 is 0 Å². The number of aliphatic hydroxyl groups excluding tert-OH is 1. The van der Waals surface area contributed by atoms with Crippen molar-refractivity contribution >= 4 is 0 Å². The van der Waals surface area contributed by atoms with Crippen molar-refractivity contribution < 1.29 is 14.9 Å². The molecule has 30 heavy (non-hydrogen) atoms. The summed E-state index contributed by atoms with van der Waals surface area (Å²) in [6.45, 7) is 9.64. The molecule has 3 nitrogen and oxygen atoms in total. The Hall–Kier alpha value is -0.640. The fourth-order valence-corrected chi connectivity index (χ4v) is 7.15. The molecule has 0 aromatic heterocycles. The molecule has 0 bridgehead atoms. The number of allylic oxidation sites excluding steroid dienone is 3. The summed E-state index contributed by atoms with van der Waals surface area (Å²) < 4.78 is 5.54. The Morgan fingerprint density at radius 3 is 2.63 bits per heavy atom. The third-order valence-electron chi connectivity index (χ3n) is 9.15. The molecule has 0 amide bonds. The van der Waals surface area contributed by atoms with Crippen LogP contribution < -0.4 is 0 Å². The smallest absolute Gasteiger partial charge is 0.118 e. The molecule has 4 fully saturated rings. The van der Waals surface area contributed by atoms with Gasteiger partial charge >= 0.3 is 0 Å². The van der Waals surface area contributed by atoms with Crippen LogP contribution in [0.5, 0.6) is 0 Å². The molecule has 3 unspecified atom stereocenters. The van der Waals surface area contributed by atoms with Crippen LogP contribution in [0.2, 0.25) is 0 Å². The van der Waals surface area contributed by atoms with Crippen LogP contribution >= 0.6 is 0 Å². The molecular weight excluding hydrogens is 372 g/mol. The number of hydrogen-bond donors (Lipinski definition) is 2. The average Bonchev–Trinajstić information content (AvgIpc) is 3.35. The van der Waals surface area contributed by atoms with E-state index < -0.39 is 5.60 Å². The Labute approximate surface area is 184 Å². The zero-order chi connectivity index (χ0) is 21.6. The van der Waals surface area contributed by atoms with Gasteiger partial charge in [0.15, 0.2) is 0 Å². The molecule has 0 radical (unpaired) electrons. The van der Waals surface area contributed by atoms with E-state index in [1.165, 1.54) is 44.1 Å². The molecule has 1 saturated heterocycles. The van der Waals surface area contributed by atoms with E-state index in [1.807, 2.05) is 13.8 Å². The lowest BCUT2D eigenvalue weighted by Gasteiger charge is -2.44. The minimum Gasteiger partial charge on any atom is -0.390 e. The van der Waals surface area contributed by atoms with Crippen molar-refractivity contribution in [3.63, 3.8) is 0 Å². The molecule has 2 N–H and O–H groups in total. The number of fused-ring (bicyclic) bond motifs is 1. The lowest BCUT2D eigenvalue weighted by Crippen LogP contribution is -2.36. The summed E-state index contributed by atoms with van der Waals surface area (Å²) in [4.78, 5) is 0. The van der Waals surface area contributed by atoms with E-state index in [4.69, 9.17) is 4.74 Å². The highest BCUT2D eigenvalue weighted by atomic mass is 16.6. The number of ether oxygens (including phenoxy) is 1. The Kier molecular flexibility index (Phi) is 6.29. The van der Waals surface area contributed by atoms with E-state index in [0.29, 0.717) is 5.41 Å². The summed E-state index contributed by atoms with van der Waals surface area (Å²) in [5, 5.41) is 20.5. The van der Waals surface area contributed by atoms with Gasteiger partial charge in [0.25, 0.3) is 0 Å². The summed E-state index contributed by atoms with van der Waals surface area (Å²) in [7, 11) is 0. The van der Waals surface area contributed by atoms with E-state index in [9.17, 15) is 10.2 Å². The second-order valence-corrected chi connectivity index (χ2v) is 11.9. The minimum absolute atomic E-state index is 0.187. The van der Waals surface area contributed by atoms with Gasteiger partial charge in [-0.2, -0.15) is 0 Å². The monoisotopic (exact) mass is 416 g/mol. The van der Waals surface area contributed by atoms with Crippen LogP contribution in [-0.2, 0) is 4.74 Å². The SMILES string of the molecule is C[C@H](CCCC(C)(C)O)C1CCC2/C(=C/C=C3/CC[C@@]4(CO4)[C@H](O)C3)CCCC21C. The molecule has 0 aromatic rings. The van der Waals surface area contributed by atoms with Gasteiger partial charge in [-0.1, -0.05) is 50.0 Å². The highest BCUT2D eigenvalue weighted by Crippen LogP contribution is 2.60. The van der Waals surface area contributed by atoms with Gasteiger partial charge in [-0.25, -0.2) is 0 Å². The molecule has 3 heteroatoms. The lowest BCUT2D eigenvalue weighted by molar-refractivity contribution is 0.0566. The predicted octanol–water partition coefficient (Wildman–Crippen LogP) is 5.95. The second-order valence-electron chi connectivity index (χ2n) is 11.9. The molecule has 4 aliphatic rings. The van der Waals surface area contributed by atoms with Crippen molar-refractivity contribution in [1.29, 1.82) is 0 Å². The summed E-state index contributed by atoms with van der Waals surface area (Å²) >= 11 is 0. The first kappa shape index (κ1) is 22.6. The third kappa shape index (κ3) is 4.59. The van der Waals surface area contributed by atoms with Gasteiger partial charge in [-0.15, -0.1) is 0 Å². The van der Waals surface area contributed by atoms with Gasteiger partial charge in [0.05, 0.1) is 18.3 Å². The van der Waals surface area contributed by atoms with Crippen molar-refractivity contribution in [3.8, 4) is 0 Å². The Balaban J connectivity index is 1.39. The maximum Gasteiger partial charge on any atom is 0.118 e. The minimum atomic E-state index is -0.534. The largest absolute Gasteiger partial charge is 0.390 e. The van der Waals surface area contributed by atoms with E-state index in [-0.39, 0.29) is 11.7 Å². The molecule has 3 saturated carbocycles. The van der Waals surface area contributed by atoms with Gasteiger partial charge in [-0.3, -0.25) is 0 Å². The van der Waals surface area contributed by atoms with Crippen LogP contribution in [0.4, 0.5) is 0 Å². The Bertz CT molecular complexity index is 681. The van der Waals surface area contributed by atoms with Crippen LogP contribution in [0, 0.1) is 23.2 Å². The van der Waals surface area contributed by atoms with Crippen LogP contribution in [0.15, 0.2) is 23.3 Å². The normalized spacial score (nSPS) is 42.7. The number of rotatable bonds is 6. The molecule has 0 aromatic carbocycles. The molecule has 170 valence electrons. The van der Waals surface area contributed by atoms with Crippen LogP contribution in [0.25, 0.3) is 0 Å². The zero-order valence-electron chi connectivity index (χ0n) is 19.8. The topological polar surface area (TPSA) is 53.0 Å². The lowest BCUT2D eigenvalue weighted by atomic mass is 9.60. The van der Waals surface area contributed by atoms with Crippen LogP contribution in [0.3, 0.4) is 0 Å². The van der Waals surface area contributed by atoms with Crippen molar-refractivity contribution in [1.82, 2.24) is 0 Å². The first-order chi connectivity index (χ1) is 14.1. The number of aliphatic hydroxyl groups is 2. The Morgan fingerprint density at radius 2 is 1.97 bits per heavy atom. The molecule has 6 atom stereocenters. The van der Waals surface area contributed by atoms with E-state index in [1.54, 1.807) is 5.57 Å². The summed E-state index contributed by atoms with van der Waals surface area (Å²) in [5.74, 6) is 2.28. The molecule has 1 spiro atoms. The first-order valence-corrected chi connectivity index (χ1v) is 12.6. The quantitative estimate of drug-likeness (QED) is 0.526. The Morgan fingerprint density at radius 1 is 1.20 bits per heavy atom. The molecule has 1 aliphatic heterocycles. The highest BCUT2D eigenvalue weighted by molar-refractivity contribution is 5.27. The fraction of sp³-hybridized carbons (Fsp3) is 0.852. The summed E-state index contributed by atoms with van der Waals surface area (Å²) in [5.41, 5.74) is 2.79. The third-order valence-corrected chi connectivity index (χ3v) is 9.15. The van der Waals surface area contributed by atoms with Gasteiger partial charge in [-0.05, 0) is 94.8 Å². The predicted molar refractivity (Wildman–Crippen MR) is 122 cm³/mol. The van der Waals surface area contributed by atoms with Crippen LogP contribution in [0.1, 0.15) is 98.3 Å². The van der Waals surface area contributed by atoms with Crippen molar-refractivity contribution in [2.75, 3.05) is 6.61 Å². The number of hydrogen-bond acceptors (Lipinski definition) is 3. The van der Waals surface area contributed by atoms with Crippen LogP contribution in [-0.4, -0.2) is 34.1 Å². The second kappa shape index (κ2) is 8.37. The summed E-state index contributed by atoms with van der Waals surface area (Å²) in [6.07, 6.45) is 17.2. The van der Waals surface area contributed by atoms with Crippen molar-refractivity contribution in [3.05, 3.63) is 23.3 Å². The highest BCUT2D eigenvalue weighted by Gasteiger charge is 2.53. The van der Waals surface area contributed by atoms with Gasteiger partial charge < -0.3 is 14.9 Å². The van der Waals surface area contributed by atoms with Gasteiger partial charge in [0.1, 0.15) is 5.60 Å². The molecule has 3 aliphatic carbocycles. The average molecular weight is 417 g/mol. The maximum absolute atomic E-state index is 10.4. The zero-order valence-corrected chi connectivity index (χ0v) is 19.8. The van der Waals surface area contributed by atoms with Crippen molar-refractivity contribution in [2.24, 2.45) is 23.2 Å². The first-order valence-electron chi connectivity index (χ1n) is 12.6. The van der Waals surface area contributed by atoms with Gasteiger partial charge in [0.2, 0.25) is 0 Å². The maximum atomic E-state index is 10.4. The molecule has 1 heterocycles. The fourth-order valence-electron chi connectivity index (χ4n) is 7.15. The number of epoxide rings is 1. The van der Waals surface area contributed by atoms with Crippen molar-refractivity contribution in [2.45, 2.75) is 116 Å². The van der Waals surface area contributed by atoms with Gasteiger partial charge in [0, 0.05) is 0 Å². The summed E-state index contributed by atoms with van der Waals surface area (Å²) in [6, 6.07) is 0. The van der Waals surface area contributed by atoms with E-state index in [2.05, 4.69) is 26.0 Å². The van der Waals surface area contributed by atoms with E-state index in [0.717, 1.165) is 56.5 Å². The molecular formula is C27H44O3. The molecule has 4 rings (SSSR count).